The van der Waals surface area contributed by atoms with Crippen LogP contribution in [-0.4, -0.2) is 77.2 Å². The van der Waals surface area contributed by atoms with E-state index >= 15 is 0 Å². The molecule has 0 aliphatic carbocycles. The summed E-state index contributed by atoms with van der Waals surface area (Å²) in [5, 5.41) is 6.55. The lowest BCUT2D eigenvalue weighted by atomic mass is 10.0. The molecule has 0 aromatic heterocycles. The van der Waals surface area contributed by atoms with Crippen molar-refractivity contribution in [3.63, 3.8) is 0 Å². The molecule has 28 heavy (non-hydrogen) atoms. The van der Waals surface area contributed by atoms with E-state index in [2.05, 4.69) is 20.5 Å². The van der Waals surface area contributed by atoms with E-state index in [4.69, 9.17) is 4.74 Å². The Kier molecular flexibility index (Phi) is 8.65. The molecule has 1 heterocycles. The predicted octanol–water partition coefficient (Wildman–Crippen LogP) is 1.19. The molecular weight excluding hydrogens is 383 g/mol. The zero-order chi connectivity index (χ0) is 20.6. The van der Waals surface area contributed by atoms with Crippen LogP contribution in [-0.2, 0) is 14.6 Å². The van der Waals surface area contributed by atoms with Gasteiger partial charge in [-0.15, -0.1) is 0 Å². The minimum atomic E-state index is -2.99. The van der Waals surface area contributed by atoms with Crippen molar-refractivity contribution in [2.75, 3.05) is 51.9 Å². The van der Waals surface area contributed by atoms with Crippen molar-refractivity contribution in [2.24, 2.45) is 4.99 Å². The van der Waals surface area contributed by atoms with Crippen LogP contribution < -0.4 is 10.6 Å². The van der Waals surface area contributed by atoms with Gasteiger partial charge in [0.25, 0.3) is 0 Å². The summed E-state index contributed by atoms with van der Waals surface area (Å²) in [7, 11) is -1.31. The first-order valence-corrected chi connectivity index (χ1v) is 11.6. The minimum absolute atomic E-state index is 0.0337. The van der Waals surface area contributed by atoms with E-state index in [1.807, 2.05) is 19.1 Å². The van der Waals surface area contributed by atoms with Crippen molar-refractivity contribution in [3.05, 3.63) is 35.6 Å². The molecule has 1 aromatic rings. The largest absolute Gasteiger partial charge is 0.379 e. The molecule has 1 saturated heterocycles. The second-order valence-corrected chi connectivity index (χ2v) is 9.39. The number of guanidine groups is 1. The first kappa shape index (κ1) is 22.6. The molecule has 1 aromatic carbocycles. The second kappa shape index (κ2) is 10.7. The van der Waals surface area contributed by atoms with Crippen LogP contribution >= 0.6 is 0 Å². The van der Waals surface area contributed by atoms with Crippen molar-refractivity contribution >= 4 is 15.8 Å². The van der Waals surface area contributed by atoms with E-state index in [0.717, 1.165) is 18.7 Å². The molecular formula is C19H31FN4O3S. The molecule has 0 spiro atoms. The summed E-state index contributed by atoms with van der Waals surface area (Å²) in [6.07, 6.45) is 1.74. The van der Waals surface area contributed by atoms with E-state index in [9.17, 15) is 12.8 Å². The van der Waals surface area contributed by atoms with Crippen molar-refractivity contribution < 1.29 is 17.5 Å². The number of benzene rings is 1. The summed E-state index contributed by atoms with van der Waals surface area (Å²) < 4.78 is 41.5. The average molecular weight is 415 g/mol. The Balaban J connectivity index is 1.99. The zero-order valence-corrected chi connectivity index (χ0v) is 17.6. The smallest absolute Gasteiger partial charge is 0.191 e. The molecule has 0 bridgehead atoms. The fourth-order valence-corrected chi connectivity index (χ4v) is 3.90. The summed E-state index contributed by atoms with van der Waals surface area (Å²) in [5.41, 5.74) is 1.02. The number of aliphatic imine (C=N–C) groups is 1. The van der Waals surface area contributed by atoms with Gasteiger partial charge in [-0.2, -0.15) is 0 Å². The van der Waals surface area contributed by atoms with Crippen LogP contribution in [0.2, 0.25) is 0 Å². The fraction of sp³-hybridized carbons (Fsp3) is 0.632. The van der Waals surface area contributed by atoms with Gasteiger partial charge in [-0.05, 0) is 31.0 Å². The van der Waals surface area contributed by atoms with Crippen LogP contribution in [0.4, 0.5) is 4.39 Å². The number of halogens is 1. The highest BCUT2D eigenvalue weighted by atomic mass is 32.2. The van der Waals surface area contributed by atoms with Gasteiger partial charge in [0.15, 0.2) is 5.96 Å². The van der Waals surface area contributed by atoms with Gasteiger partial charge in [-0.1, -0.05) is 12.1 Å². The molecule has 2 unspecified atom stereocenters. The monoisotopic (exact) mass is 414 g/mol. The van der Waals surface area contributed by atoms with E-state index < -0.39 is 9.84 Å². The average Bonchev–Trinajstić information content (AvgIpc) is 2.67. The van der Waals surface area contributed by atoms with Crippen molar-refractivity contribution in [2.45, 2.75) is 25.4 Å². The van der Waals surface area contributed by atoms with Gasteiger partial charge in [0.2, 0.25) is 0 Å². The number of hydrogen-bond acceptors (Lipinski definition) is 5. The molecule has 0 amide bonds. The summed E-state index contributed by atoms with van der Waals surface area (Å²) in [6, 6.07) is 6.58. The normalized spacial score (nSPS) is 18.5. The van der Waals surface area contributed by atoms with Crippen LogP contribution in [0.5, 0.6) is 0 Å². The third-order valence-corrected chi connectivity index (χ3v) is 5.71. The Morgan fingerprint density at radius 1 is 1.29 bits per heavy atom. The molecule has 1 aliphatic rings. The first-order chi connectivity index (χ1) is 13.3. The predicted molar refractivity (Wildman–Crippen MR) is 110 cm³/mol. The standard InChI is InChI=1S/C19H31FN4O3S/c1-15(8-13-28(3,25)26)23-19(21-2)22-14-18(24-9-11-27-12-10-24)16-4-6-17(20)7-5-16/h4-7,15,18H,8-14H2,1-3H3,(H2,21,22,23). The van der Waals surface area contributed by atoms with E-state index in [0.29, 0.717) is 32.1 Å². The molecule has 2 N–H and O–H groups in total. The maximum atomic E-state index is 13.3. The van der Waals surface area contributed by atoms with Gasteiger partial charge in [-0.3, -0.25) is 9.89 Å². The Hall–Kier alpha value is -1.71. The zero-order valence-electron chi connectivity index (χ0n) is 16.8. The summed E-state index contributed by atoms with van der Waals surface area (Å²) in [6.45, 7) is 5.48. The van der Waals surface area contributed by atoms with Crippen LogP contribution in [0, 0.1) is 5.82 Å². The van der Waals surface area contributed by atoms with Crippen molar-refractivity contribution in [3.8, 4) is 0 Å². The van der Waals surface area contributed by atoms with Gasteiger partial charge in [0.1, 0.15) is 15.7 Å². The topological polar surface area (TPSA) is 83.0 Å². The quantitative estimate of drug-likeness (QED) is 0.491. The molecule has 158 valence electrons. The Labute approximate surface area is 167 Å². The highest BCUT2D eigenvalue weighted by molar-refractivity contribution is 7.90. The minimum Gasteiger partial charge on any atom is -0.379 e. The number of nitrogens with zero attached hydrogens (tertiary/aromatic N) is 2. The maximum Gasteiger partial charge on any atom is 0.191 e. The molecule has 2 atom stereocenters. The second-order valence-electron chi connectivity index (χ2n) is 7.13. The number of sulfone groups is 1. The van der Waals surface area contributed by atoms with Crippen molar-refractivity contribution in [1.29, 1.82) is 0 Å². The SMILES string of the molecule is CN=C(NCC(c1ccc(F)cc1)N1CCOCC1)NC(C)CCS(C)(=O)=O. The molecule has 9 heteroatoms. The Bertz CT molecular complexity index is 734. The number of hydrogen-bond donors (Lipinski definition) is 2. The number of nitrogens with one attached hydrogen (secondary N) is 2. The molecule has 0 radical (unpaired) electrons. The third kappa shape index (κ3) is 7.73. The summed E-state index contributed by atoms with van der Waals surface area (Å²) >= 11 is 0. The number of morpholine rings is 1. The maximum absolute atomic E-state index is 13.3. The molecule has 7 nitrogen and oxygen atoms in total. The van der Waals surface area contributed by atoms with Gasteiger partial charge in [0, 0.05) is 39.0 Å². The van der Waals surface area contributed by atoms with Crippen molar-refractivity contribution in [1.82, 2.24) is 15.5 Å². The van der Waals surface area contributed by atoms with Crippen LogP contribution in [0.25, 0.3) is 0 Å². The fourth-order valence-electron chi connectivity index (χ4n) is 3.12. The lowest BCUT2D eigenvalue weighted by Gasteiger charge is -2.35. The highest BCUT2D eigenvalue weighted by Gasteiger charge is 2.23. The van der Waals surface area contributed by atoms with Crippen LogP contribution in [0.3, 0.4) is 0 Å². The van der Waals surface area contributed by atoms with Gasteiger partial charge >= 0.3 is 0 Å². The first-order valence-electron chi connectivity index (χ1n) is 9.50. The molecule has 1 fully saturated rings. The van der Waals surface area contributed by atoms with Gasteiger partial charge in [0.05, 0.1) is 25.0 Å². The number of ether oxygens (including phenoxy) is 1. The Morgan fingerprint density at radius 2 is 1.93 bits per heavy atom. The van der Waals surface area contributed by atoms with E-state index in [1.54, 1.807) is 7.05 Å². The van der Waals surface area contributed by atoms with E-state index in [1.165, 1.54) is 18.4 Å². The van der Waals surface area contributed by atoms with Crippen LogP contribution in [0.1, 0.15) is 24.9 Å². The lowest BCUT2D eigenvalue weighted by Crippen LogP contribution is -2.48. The van der Waals surface area contributed by atoms with E-state index in [-0.39, 0.29) is 23.7 Å². The number of rotatable bonds is 8. The molecule has 0 saturated carbocycles. The molecule has 1 aliphatic heterocycles. The summed E-state index contributed by atoms with van der Waals surface area (Å²) in [5.74, 6) is 0.487. The third-order valence-electron chi connectivity index (χ3n) is 4.73. The van der Waals surface area contributed by atoms with Gasteiger partial charge in [-0.25, -0.2) is 12.8 Å². The molecule has 2 rings (SSSR count). The van der Waals surface area contributed by atoms with Gasteiger partial charge < -0.3 is 15.4 Å². The lowest BCUT2D eigenvalue weighted by molar-refractivity contribution is 0.0170. The van der Waals surface area contributed by atoms with Crippen LogP contribution in [0.15, 0.2) is 29.3 Å². The Morgan fingerprint density at radius 3 is 2.50 bits per heavy atom. The highest BCUT2D eigenvalue weighted by Crippen LogP contribution is 2.21. The summed E-state index contributed by atoms with van der Waals surface area (Å²) in [4.78, 5) is 6.55.